The molecule has 4 amide bonds. The Morgan fingerprint density at radius 2 is 1.78 bits per heavy atom. The van der Waals surface area contributed by atoms with Gasteiger partial charge in [-0.3, -0.25) is 23.9 Å². The highest BCUT2D eigenvalue weighted by Crippen LogP contribution is 2.46. The molecule has 0 aromatic rings. The lowest BCUT2D eigenvalue weighted by atomic mass is 10.0. The summed E-state index contributed by atoms with van der Waals surface area (Å²) in [6.45, 7) is 0.408. The number of hydrogen-bond acceptors (Lipinski definition) is 6. The number of allylic oxidation sites excluding steroid dienone is 1. The maximum Gasteiger partial charge on any atom is 0.259 e. The van der Waals surface area contributed by atoms with Crippen molar-refractivity contribution in [3.63, 3.8) is 0 Å². The van der Waals surface area contributed by atoms with Crippen LogP contribution in [0.2, 0.25) is 0 Å². The van der Waals surface area contributed by atoms with Crippen LogP contribution in [-0.4, -0.2) is 66.4 Å². The van der Waals surface area contributed by atoms with Gasteiger partial charge in [-0.05, 0) is 64.2 Å². The van der Waals surface area contributed by atoms with Crippen molar-refractivity contribution < 1.29 is 27.6 Å². The van der Waals surface area contributed by atoms with E-state index in [2.05, 4.69) is 15.4 Å². The number of carbonyl (C=O) groups is 4. The van der Waals surface area contributed by atoms with Gasteiger partial charge in [0.2, 0.25) is 27.7 Å². The lowest BCUT2D eigenvalue weighted by Crippen LogP contribution is -2.58. The summed E-state index contributed by atoms with van der Waals surface area (Å²) >= 11 is 0. The van der Waals surface area contributed by atoms with E-state index in [0.29, 0.717) is 45.1 Å². The highest BCUT2D eigenvalue weighted by molar-refractivity contribution is 7.91. The maximum absolute atomic E-state index is 13.5. The molecule has 1 saturated heterocycles. The standard InChI is InChI=1S/C25H36N4O6S/c30-21(16-10-11-16)26-19-8-5-3-1-2-4-7-17-15-25(17,24(33)28-36(34,35)18-12-13-18)27-22(31)20-9-6-14-29(20)23(19)32/h4,7,16-20H,1-3,5-6,8-15H2,(H,26,30)(H,27,31)(H,28,33)/b7-4-/t17-,19+,20+,25-/m1/s1. The van der Waals surface area contributed by atoms with Gasteiger partial charge in [0, 0.05) is 18.4 Å². The average molecular weight is 521 g/mol. The normalized spacial score (nSPS) is 34.3. The van der Waals surface area contributed by atoms with Crippen LogP contribution < -0.4 is 15.4 Å². The molecular formula is C25H36N4O6S. The molecule has 5 aliphatic rings. The minimum atomic E-state index is -3.76. The topological polar surface area (TPSA) is 142 Å². The summed E-state index contributed by atoms with van der Waals surface area (Å²) in [6.07, 6.45) is 11.9. The van der Waals surface area contributed by atoms with E-state index in [1.165, 1.54) is 4.90 Å². The fourth-order valence-electron chi connectivity index (χ4n) is 5.41. The first-order valence-electron chi connectivity index (χ1n) is 13.4. The van der Waals surface area contributed by atoms with Gasteiger partial charge in [0.15, 0.2) is 0 Å². The summed E-state index contributed by atoms with van der Waals surface area (Å²) in [6, 6.07) is -1.42. The van der Waals surface area contributed by atoms with Crippen molar-refractivity contribution in [1.82, 2.24) is 20.3 Å². The van der Waals surface area contributed by atoms with E-state index in [1.807, 2.05) is 12.2 Å². The van der Waals surface area contributed by atoms with Crippen LogP contribution in [-0.2, 0) is 29.2 Å². The number of rotatable bonds is 5. The molecule has 0 radical (unpaired) electrons. The zero-order chi connectivity index (χ0) is 25.5. The van der Waals surface area contributed by atoms with Crippen molar-refractivity contribution in [2.45, 2.75) is 99.9 Å². The summed E-state index contributed by atoms with van der Waals surface area (Å²) < 4.78 is 27.1. The van der Waals surface area contributed by atoms with Crippen molar-refractivity contribution in [2.24, 2.45) is 11.8 Å². The fraction of sp³-hybridized carbons (Fsp3) is 0.760. The molecule has 4 fully saturated rings. The van der Waals surface area contributed by atoms with Crippen LogP contribution in [0.5, 0.6) is 0 Å². The Balaban J connectivity index is 1.35. The Morgan fingerprint density at radius 1 is 1.00 bits per heavy atom. The molecule has 3 N–H and O–H groups in total. The predicted molar refractivity (Wildman–Crippen MR) is 131 cm³/mol. The molecule has 3 saturated carbocycles. The molecule has 0 aromatic heterocycles. The fourth-order valence-corrected chi connectivity index (χ4v) is 6.77. The smallest absolute Gasteiger partial charge is 0.259 e. The van der Waals surface area contributed by atoms with Crippen LogP contribution in [0, 0.1) is 11.8 Å². The van der Waals surface area contributed by atoms with Gasteiger partial charge in [-0.15, -0.1) is 0 Å². The number of nitrogens with one attached hydrogen (secondary N) is 3. The van der Waals surface area contributed by atoms with E-state index in [9.17, 15) is 27.6 Å². The lowest BCUT2D eigenvalue weighted by Gasteiger charge is -2.30. The zero-order valence-electron chi connectivity index (χ0n) is 20.5. The van der Waals surface area contributed by atoms with Crippen LogP contribution in [0.3, 0.4) is 0 Å². The first kappa shape index (κ1) is 25.2. The molecule has 0 aromatic carbocycles. The monoisotopic (exact) mass is 520 g/mol. The first-order chi connectivity index (χ1) is 17.2. The summed E-state index contributed by atoms with van der Waals surface area (Å²) in [5.41, 5.74) is -1.33. The molecule has 36 heavy (non-hydrogen) atoms. The van der Waals surface area contributed by atoms with E-state index in [1.54, 1.807) is 0 Å². The van der Waals surface area contributed by atoms with E-state index in [4.69, 9.17) is 0 Å². The highest BCUT2D eigenvalue weighted by Gasteiger charge is 2.61. The van der Waals surface area contributed by atoms with Crippen LogP contribution in [0.4, 0.5) is 0 Å². The van der Waals surface area contributed by atoms with Gasteiger partial charge < -0.3 is 15.5 Å². The second-order valence-electron chi connectivity index (χ2n) is 11.0. The first-order valence-corrected chi connectivity index (χ1v) is 14.9. The Morgan fingerprint density at radius 3 is 2.50 bits per heavy atom. The van der Waals surface area contributed by atoms with Gasteiger partial charge in [0.25, 0.3) is 5.91 Å². The summed E-state index contributed by atoms with van der Waals surface area (Å²) in [7, 11) is -3.76. The number of hydrogen-bond donors (Lipinski definition) is 3. The van der Waals surface area contributed by atoms with Gasteiger partial charge in [-0.25, -0.2) is 8.42 Å². The number of nitrogens with zero attached hydrogens (tertiary/aromatic N) is 1. The van der Waals surface area contributed by atoms with Gasteiger partial charge >= 0.3 is 0 Å². The van der Waals surface area contributed by atoms with E-state index in [-0.39, 0.29) is 23.7 Å². The molecule has 2 heterocycles. The average Bonchev–Trinajstić information content (AvgIpc) is 3.70. The molecule has 0 spiro atoms. The molecule has 198 valence electrons. The van der Waals surface area contributed by atoms with Crippen molar-refractivity contribution in [1.29, 1.82) is 0 Å². The van der Waals surface area contributed by atoms with Crippen LogP contribution in [0.15, 0.2) is 12.2 Å². The molecule has 5 rings (SSSR count). The third-order valence-electron chi connectivity index (χ3n) is 8.10. The van der Waals surface area contributed by atoms with Crippen LogP contribution >= 0.6 is 0 Å². The number of carbonyl (C=O) groups excluding carboxylic acids is 4. The molecule has 11 heteroatoms. The summed E-state index contributed by atoms with van der Waals surface area (Å²) in [5.74, 6) is -1.81. The third kappa shape index (κ3) is 5.31. The Kier molecular flexibility index (Phi) is 6.86. The Bertz CT molecular complexity index is 1070. The van der Waals surface area contributed by atoms with Crippen molar-refractivity contribution in [3.8, 4) is 0 Å². The minimum absolute atomic E-state index is 0.0192. The SMILES string of the molecule is O=C(N[C@H]1CCCCC/C=C\[C@@H]2C[C@@]2(C(=O)NS(=O)(=O)C2CC2)NC(=O)[C@@H]2CCCN2C1=O)C1CC1. The van der Waals surface area contributed by atoms with Crippen molar-refractivity contribution in [3.05, 3.63) is 12.2 Å². The number of fused-ring (bicyclic) bond motifs is 2. The minimum Gasteiger partial charge on any atom is -0.344 e. The number of amides is 4. The Labute approximate surface area is 212 Å². The molecule has 0 bridgehead atoms. The third-order valence-corrected chi connectivity index (χ3v) is 9.92. The maximum atomic E-state index is 13.5. The highest BCUT2D eigenvalue weighted by atomic mass is 32.2. The Hall–Kier alpha value is -2.43. The molecule has 3 aliphatic carbocycles. The summed E-state index contributed by atoms with van der Waals surface area (Å²) in [4.78, 5) is 54.1. The van der Waals surface area contributed by atoms with Crippen LogP contribution in [0.25, 0.3) is 0 Å². The van der Waals surface area contributed by atoms with Crippen LogP contribution in [0.1, 0.15) is 77.0 Å². The second-order valence-corrected chi connectivity index (χ2v) is 13.0. The molecule has 2 aliphatic heterocycles. The second kappa shape index (κ2) is 9.79. The zero-order valence-corrected chi connectivity index (χ0v) is 21.4. The molecular weight excluding hydrogens is 484 g/mol. The van der Waals surface area contributed by atoms with Crippen molar-refractivity contribution >= 4 is 33.7 Å². The van der Waals surface area contributed by atoms with Crippen molar-refractivity contribution in [2.75, 3.05) is 6.54 Å². The molecule has 0 unspecified atom stereocenters. The number of sulfonamides is 1. The lowest BCUT2D eigenvalue weighted by molar-refractivity contribution is -0.142. The van der Waals surface area contributed by atoms with Gasteiger partial charge in [-0.2, -0.15) is 0 Å². The van der Waals surface area contributed by atoms with Gasteiger partial charge in [0.05, 0.1) is 5.25 Å². The molecule has 4 atom stereocenters. The van der Waals surface area contributed by atoms with Gasteiger partial charge in [-0.1, -0.05) is 25.0 Å². The summed E-state index contributed by atoms with van der Waals surface area (Å²) in [5, 5.41) is 5.23. The van der Waals surface area contributed by atoms with E-state index in [0.717, 1.165) is 38.5 Å². The molecule has 10 nitrogen and oxygen atoms in total. The largest absolute Gasteiger partial charge is 0.344 e. The van der Waals surface area contributed by atoms with Gasteiger partial charge in [0.1, 0.15) is 17.6 Å². The van der Waals surface area contributed by atoms with E-state index >= 15 is 0 Å². The predicted octanol–water partition coefficient (Wildman–Crippen LogP) is 0.876. The van der Waals surface area contributed by atoms with E-state index < -0.39 is 44.7 Å². The quantitative estimate of drug-likeness (QED) is 0.460.